The summed E-state index contributed by atoms with van der Waals surface area (Å²) in [6, 6.07) is 20.3. The van der Waals surface area contributed by atoms with Crippen molar-refractivity contribution in [3.63, 3.8) is 0 Å². The van der Waals surface area contributed by atoms with Gasteiger partial charge in [-0.25, -0.2) is 4.39 Å². The summed E-state index contributed by atoms with van der Waals surface area (Å²) in [7, 11) is 0. The predicted octanol–water partition coefficient (Wildman–Crippen LogP) is 5.19. The van der Waals surface area contributed by atoms with Crippen molar-refractivity contribution >= 4 is 40.1 Å². The molecule has 3 amide bonds. The Kier molecular flexibility index (Phi) is 8.14. The van der Waals surface area contributed by atoms with Gasteiger partial charge in [0.15, 0.2) is 11.5 Å². The van der Waals surface area contributed by atoms with Crippen LogP contribution in [0.3, 0.4) is 0 Å². The van der Waals surface area contributed by atoms with E-state index in [-0.39, 0.29) is 37.1 Å². The number of carbonyl (C=O) groups excluding carboxylic acids is 3. The van der Waals surface area contributed by atoms with Gasteiger partial charge in [0.05, 0.1) is 11.4 Å². The Labute approximate surface area is 259 Å². The summed E-state index contributed by atoms with van der Waals surface area (Å²) in [4.78, 5) is 44.6. The van der Waals surface area contributed by atoms with Crippen molar-refractivity contribution in [2.75, 3.05) is 13.3 Å². The molecule has 0 bridgehead atoms. The number of benzene rings is 4. The highest BCUT2D eigenvalue weighted by atomic mass is 35.5. The summed E-state index contributed by atoms with van der Waals surface area (Å²) in [6.45, 7) is 2.15. The van der Waals surface area contributed by atoms with Crippen LogP contribution in [-0.4, -0.2) is 52.9 Å². The molecule has 2 aliphatic rings. The lowest BCUT2D eigenvalue weighted by Gasteiger charge is -2.36. The first-order valence-electron chi connectivity index (χ1n) is 14.4. The van der Waals surface area contributed by atoms with Gasteiger partial charge in [-0.1, -0.05) is 66.2 Å². The SMILES string of the molecule is C[C@@H]1CCN([C@H](Cc2cccc3ccccc23)C(N)=O)C(=O)[C@H](c2ccc(F)c(Cl)c2)N1C(=O)Cc1ccc2c(c1)OCO2. The van der Waals surface area contributed by atoms with E-state index in [0.29, 0.717) is 29.0 Å². The van der Waals surface area contributed by atoms with Crippen LogP contribution in [0.1, 0.15) is 36.1 Å². The van der Waals surface area contributed by atoms with Gasteiger partial charge in [-0.05, 0) is 65.1 Å². The quantitative estimate of drug-likeness (QED) is 0.308. The van der Waals surface area contributed by atoms with E-state index in [1.165, 1.54) is 28.0 Å². The standard InChI is InChI=1S/C34H31ClFN3O5/c1-20-13-14-38(28(33(37)41)18-23-7-4-6-22-5-2-3-8-25(22)23)34(42)32(24-10-11-27(36)26(35)17-24)39(20)31(40)16-21-9-12-29-30(15-21)44-19-43-29/h2-12,15,17,20,28,32H,13-14,16,18-19H2,1H3,(H2,37,41)/t20-,28-,32+/m1/s1. The van der Waals surface area contributed by atoms with E-state index in [9.17, 15) is 18.8 Å². The van der Waals surface area contributed by atoms with Crippen LogP contribution in [0.25, 0.3) is 10.8 Å². The third-order valence-electron chi connectivity index (χ3n) is 8.40. The first-order chi connectivity index (χ1) is 21.2. The Morgan fingerprint density at radius 3 is 2.59 bits per heavy atom. The van der Waals surface area contributed by atoms with Crippen molar-refractivity contribution in [1.82, 2.24) is 9.80 Å². The van der Waals surface area contributed by atoms with E-state index in [0.717, 1.165) is 16.3 Å². The number of carbonyl (C=O) groups is 3. The molecule has 1 fully saturated rings. The molecule has 10 heteroatoms. The fourth-order valence-corrected chi connectivity index (χ4v) is 6.34. The summed E-state index contributed by atoms with van der Waals surface area (Å²) < 4.78 is 25.1. The molecule has 226 valence electrons. The van der Waals surface area contributed by atoms with Crippen molar-refractivity contribution in [2.45, 2.75) is 44.3 Å². The summed E-state index contributed by atoms with van der Waals surface area (Å²) in [5.74, 6) is -0.971. The number of halogens is 2. The van der Waals surface area contributed by atoms with E-state index < -0.39 is 35.8 Å². The van der Waals surface area contributed by atoms with E-state index in [1.807, 2.05) is 49.4 Å². The maximum Gasteiger partial charge on any atom is 0.250 e. The molecule has 0 radical (unpaired) electrons. The lowest BCUT2D eigenvalue weighted by Crippen LogP contribution is -2.52. The van der Waals surface area contributed by atoms with Crippen molar-refractivity contribution in [3.8, 4) is 11.5 Å². The minimum absolute atomic E-state index is 0.0189. The second-order valence-electron chi connectivity index (χ2n) is 11.2. The molecule has 2 N–H and O–H groups in total. The molecule has 2 aliphatic heterocycles. The Bertz CT molecular complexity index is 1760. The smallest absolute Gasteiger partial charge is 0.250 e. The number of ether oxygens (including phenoxy) is 2. The van der Waals surface area contributed by atoms with Gasteiger partial charge < -0.3 is 25.0 Å². The summed E-state index contributed by atoms with van der Waals surface area (Å²) in [5.41, 5.74) is 7.86. The largest absolute Gasteiger partial charge is 0.454 e. The first-order valence-corrected chi connectivity index (χ1v) is 14.8. The Morgan fingerprint density at radius 1 is 1.02 bits per heavy atom. The summed E-state index contributed by atoms with van der Waals surface area (Å²) in [5, 5.41) is 1.78. The second-order valence-corrected chi connectivity index (χ2v) is 11.6. The van der Waals surface area contributed by atoms with Gasteiger partial charge in [-0.3, -0.25) is 14.4 Å². The van der Waals surface area contributed by atoms with Crippen LogP contribution >= 0.6 is 11.6 Å². The van der Waals surface area contributed by atoms with E-state index in [1.54, 1.807) is 18.2 Å². The van der Waals surface area contributed by atoms with Gasteiger partial charge in [-0.2, -0.15) is 0 Å². The highest BCUT2D eigenvalue weighted by Crippen LogP contribution is 2.36. The second kappa shape index (κ2) is 12.2. The molecule has 0 aromatic heterocycles. The average Bonchev–Trinajstić information content (AvgIpc) is 3.43. The van der Waals surface area contributed by atoms with Gasteiger partial charge in [0.1, 0.15) is 17.9 Å². The number of nitrogens with two attached hydrogens (primary N) is 1. The zero-order chi connectivity index (χ0) is 31.0. The number of fused-ring (bicyclic) bond motifs is 2. The number of rotatable bonds is 7. The fraction of sp³-hybridized carbons (Fsp3) is 0.265. The molecule has 0 unspecified atom stereocenters. The van der Waals surface area contributed by atoms with Crippen LogP contribution in [-0.2, 0) is 27.2 Å². The van der Waals surface area contributed by atoms with E-state index in [4.69, 9.17) is 26.8 Å². The maximum atomic E-state index is 14.6. The van der Waals surface area contributed by atoms with Gasteiger partial charge in [0.2, 0.25) is 18.6 Å². The molecule has 6 rings (SSSR count). The Balaban J connectivity index is 1.38. The molecule has 4 aromatic rings. The van der Waals surface area contributed by atoms with Crippen LogP contribution in [0.4, 0.5) is 4.39 Å². The normalized spacial score (nSPS) is 18.8. The molecule has 3 atom stereocenters. The number of hydrogen-bond donors (Lipinski definition) is 1. The highest BCUT2D eigenvalue weighted by Gasteiger charge is 2.43. The first kappa shape index (κ1) is 29.4. The lowest BCUT2D eigenvalue weighted by atomic mass is 9.96. The monoisotopic (exact) mass is 615 g/mol. The molecule has 2 heterocycles. The van der Waals surface area contributed by atoms with Gasteiger partial charge >= 0.3 is 0 Å². The van der Waals surface area contributed by atoms with Gasteiger partial charge in [0.25, 0.3) is 5.91 Å². The Hall–Kier alpha value is -4.63. The van der Waals surface area contributed by atoms with Crippen LogP contribution < -0.4 is 15.2 Å². The summed E-state index contributed by atoms with van der Waals surface area (Å²) >= 11 is 6.18. The number of primary amides is 1. The zero-order valence-corrected chi connectivity index (χ0v) is 24.8. The van der Waals surface area contributed by atoms with E-state index in [2.05, 4.69) is 0 Å². The van der Waals surface area contributed by atoms with E-state index >= 15 is 0 Å². The molecule has 0 saturated carbocycles. The van der Waals surface area contributed by atoms with Crippen molar-refractivity contribution < 1.29 is 28.2 Å². The molecule has 0 spiro atoms. The molecule has 4 aromatic carbocycles. The third-order valence-corrected chi connectivity index (χ3v) is 8.69. The number of nitrogens with zero attached hydrogens (tertiary/aromatic N) is 2. The zero-order valence-electron chi connectivity index (χ0n) is 24.0. The fourth-order valence-electron chi connectivity index (χ4n) is 6.15. The minimum Gasteiger partial charge on any atom is -0.454 e. The topological polar surface area (TPSA) is 102 Å². The minimum atomic E-state index is -1.17. The maximum absolute atomic E-state index is 14.6. The molecular formula is C34H31ClFN3O5. The number of hydrogen-bond acceptors (Lipinski definition) is 5. The van der Waals surface area contributed by atoms with Crippen molar-refractivity contribution in [2.24, 2.45) is 5.73 Å². The molecule has 8 nitrogen and oxygen atoms in total. The molecule has 0 aliphatic carbocycles. The molecular weight excluding hydrogens is 585 g/mol. The Morgan fingerprint density at radius 2 is 1.80 bits per heavy atom. The van der Waals surface area contributed by atoms with Crippen LogP contribution in [0, 0.1) is 5.82 Å². The van der Waals surface area contributed by atoms with Crippen LogP contribution in [0.15, 0.2) is 78.9 Å². The number of amides is 3. The molecule has 1 saturated heterocycles. The summed E-state index contributed by atoms with van der Waals surface area (Å²) in [6.07, 6.45) is 0.567. The highest BCUT2D eigenvalue weighted by molar-refractivity contribution is 6.30. The van der Waals surface area contributed by atoms with Crippen LogP contribution in [0.2, 0.25) is 5.02 Å². The predicted molar refractivity (Wildman–Crippen MR) is 164 cm³/mol. The lowest BCUT2D eigenvalue weighted by molar-refractivity contribution is -0.148. The third kappa shape index (κ3) is 5.67. The average molecular weight is 616 g/mol. The van der Waals surface area contributed by atoms with Gasteiger partial charge in [-0.15, -0.1) is 0 Å². The molecule has 44 heavy (non-hydrogen) atoms. The van der Waals surface area contributed by atoms with Crippen molar-refractivity contribution in [3.05, 3.63) is 106 Å². The van der Waals surface area contributed by atoms with Crippen LogP contribution in [0.5, 0.6) is 11.5 Å². The van der Waals surface area contributed by atoms with Gasteiger partial charge in [0, 0.05) is 19.0 Å². The van der Waals surface area contributed by atoms with Crippen molar-refractivity contribution in [1.29, 1.82) is 0 Å².